The van der Waals surface area contributed by atoms with Crippen LogP contribution in [0.25, 0.3) is 6.08 Å². The number of halogens is 1. The van der Waals surface area contributed by atoms with Crippen molar-refractivity contribution >= 4 is 17.7 Å². The summed E-state index contributed by atoms with van der Waals surface area (Å²) in [5.74, 6) is 0. The zero-order chi connectivity index (χ0) is 16.5. The second-order valence-electron chi connectivity index (χ2n) is 6.73. The van der Waals surface area contributed by atoms with E-state index < -0.39 is 0 Å². The van der Waals surface area contributed by atoms with Gasteiger partial charge in [-0.1, -0.05) is 43.7 Å². The normalized spacial score (nSPS) is 25.1. The molecule has 1 aliphatic rings. The molecule has 0 saturated heterocycles. The average molecular weight is 332 g/mol. The third kappa shape index (κ3) is 2.93. The highest BCUT2D eigenvalue weighted by Crippen LogP contribution is 2.52. The van der Waals surface area contributed by atoms with Crippen LogP contribution in [-0.4, -0.2) is 27.5 Å². The molecule has 3 rings (SSSR count). The molecule has 1 saturated carbocycles. The Hall–Kier alpha value is -1.65. The molecule has 4 nitrogen and oxygen atoms in total. The molecular formula is C18H22ClN3O. The summed E-state index contributed by atoms with van der Waals surface area (Å²) in [5.41, 5.74) is 2.07. The molecule has 1 atom stereocenters. The summed E-state index contributed by atoms with van der Waals surface area (Å²) in [6, 6.07) is 7.91. The van der Waals surface area contributed by atoms with E-state index in [1.807, 2.05) is 28.9 Å². The molecule has 122 valence electrons. The van der Waals surface area contributed by atoms with Gasteiger partial charge >= 0.3 is 0 Å². The maximum absolute atomic E-state index is 6.11. The first-order chi connectivity index (χ1) is 11.0. The molecule has 1 aromatic heterocycles. The second-order valence-corrected chi connectivity index (χ2v) is 7.17. The largest absolute Gasteiger partial charge is 0.371 e. The van der Waals surface area contributed by atoms with Crippen molar-refractivity contribution in [2.45, 2.75) is 38.8 Å². The van der Waals surface area contributed by atoms with Crippen LogP contribution in [0.1, 0.15) is 32.3 Å². The Balaban J connectivity index is 2.02. The molecule has 5 heteroatoms. The predicted molar refractivity (Wildman–Crippen MR) is 92.2 cm³/mol. The van der Waals surface area contributed by atoms with Gasteiger partial charge in [0, 0.05) is 12.1 Å². The lowest BCUT2D eigenvalue weighted by Crippen LogP contribution is -2.47. The summed E-state index contributed by atoms with van der Waals surface area (Å²) in [7, 11) is 1.79. The van der Waals surface area contributed by atoms with Crippen LogP contribution in [0, 0.1) is 5.41 Å². The topological polar surface area (TPSA) is 39.9 Å². The van der Waals surface area contributed by atoms with Crippen LogP contribution in [0.4, 0.5) is 0 Å². The van der Waals surface area contributed by atoms with Crippen LogP contribution < -0.4 is 0 Å². The molecule has 1 fully saturated rings. The summed E-state index contributed by atoms with van der Waals surface area (Å²) in [5, 5.41) is 5.02. The van der Waals surface area contributed by atoms with Crippen molar-refractivity contribution in [1.82, 2.24) is 14.8 Å². The summed E-state index contributed by atoms with van der Waals surface area (Å²) in [6.45, 7) is 5.18. The van der Waals surface area contributed by atoms with Crippen molar-refractivity contribution in [1.29, 1.82) is 0 Å². The molecular weight excluding hydrogens is 310 g/mol. The first-order valence-electron chi connectivity index (χ1n) is 7.81. The zero-order valence-corrected chi connectivity index (χ0v) is 14.5. The molecule has 0 bridgehead atoms. The minimum absolute atomic E-state index is 0.0198. The number of nitrogens with zero attached hydrogens (tertiary/aromatic N) is 3. The maximum atomic E-state index is 6.11. The van der Waals surface area contributed by atoms with Crippen molar-refractivity contribution in [3.05, 3.63) is 53.1 Å². The van der Waals surface area contributed by atoms with Gasteiger partial charge in [0.2, 0.25) is 0 Å². The fourth-order valence-corrected chi connectivity index (χ4v) is 3.69. The lowest BCUT2D eigenvalue weighted by atomic mass is 9.75. The van der Waals surface area contributed by atoms with Crippen molar-refractivity contribution in [2.75, 3.05) is 7.11 Å². The van der Waals surface area contributed by atoms with E-state index in [1.165, 1.54) is 5.57 Å². The van der Waals surface area contributed by atoms with Gasteiger partial charge in [-0.25, -0.2) is 9.67 Å². The number of benzene rings is 1. The molecule has 0 spiro atoms. The van der Waals surface area contributed by atoms with E-state index in [9.17, 15) is 0 Å². The number of ether oxygens (including phenoxy) is 1. The van der Waals surface area contributed by atoms with Crippen molar-refractivity contribution in [3.63, 3.8) is 0 Å². The lowest BCUT2D eigenvalue weighted by Gasteiger charge is -2.41. The van der Waals surface area contributed by atoms with Crippen LogP contribution in [-0.2, 0) is 11.3 Å². The summed E-state index contributed by atoms with van der Waals surface area (Å²) >= 11 is 5.99. The Morgan fingerprint density at radius 2 is 2.04 bits per heavy atom. The third-order valence-electron chi connectivity index (χ3n) is 5.04. The monoisotopic (exact) mass is 331 g/mol. The lowest BCUT2D eigenvalue weighted by molar-refractivity contribution is -0.0660. The predicted octanol–water partition coefficient (Wildman–Crippen LogP) is 4.22. The van der Waals surface area contributed by atoms with Gasteiger partial charge in [-0.05, 0) is 41.5 Å². The number of hydrogen-bond acceptors (Lipinski definition) is 3. The minimum atomic E-state index is -0.389. The first-order valence-corrected chi connectivity index (χ1v) is 8.19. The first kappa shape index (κ1) is 16.2. The van der Waals surface area contributed by atoms with E-state index in [2.05, 4.69) is 30.0 Å². The molecule has 1 heterocycles. The van der Waals surface area contributed by atoms with Crippen LogP contribution >= 0.6 is 11.6 Å². The molecule has 2 aromatic rings. The van der Waals surface area contributed by atoms with Crippen molar-refractivity contribution < 1.29 is 4.74 Å². The SMILES string of the molecule is COC1(Cn2cncn2)C(=Cc2ccc(Cl)cc2)CCC1(C)C. The van der Waals surface area contributed by atoms with Gasteiger partial charge in [0.1, 0.15) is 18.3 Å². The van der Waals surface area contributed by atoms with E-state index in [-0.39, 0.29) is 11.0 Å². The Morgan fingerprint density at radius 1 is 1.30 bits per heavy atom. The molecule has 23 heavy (non-hydrogen) atoms. The highest BCUT2D eigenvalue weighted by atomic mass is 35.5. The second kappa shape index (κ2) is 6.10. The number of aromatic nitrogens is 3. The van der Waals surface area contributed by atoms with Gasteiger partial charge in [0.25, 0.3) is 0 Å². The van der Waals surface area contributed by atoms with Crippen LogP contribution in [0.2, 0.25) is 5.02 Å². The fourth-order valence-electron chi connectivity index (χ4n) is 3.56. The Labute approximate surface area is 142 Å². The van der Waals surface area contributed by atoms with Gasteiger partial charge in [-0.3, -0.25) is 0 Å². The molecule has 1 unspecified atom stereocenters. The molecule has 0 N–H and O–H groups in total. The Kier molecular flexibility index (Phi) is 4.30. The van der Waals surface area contributed by atoms with Crippen LogP contribution in [0.3, 0.4) is 0 Å². The fraction of sp³-hybridized carbons (Fsp3) is 0.444. The smallest absolute Gasteiger partial charge is 0.137 e. The highest BCUT2D eigenvalue weighted by Gasteiger charge is 2.53. The van der Waals surface area contributed by atoms with E-state index in [0.717, 1.165) is 23.4 Å². The molecule has 0 radical (unpaired) electrons. The van der Waals surface area contributed by atoms with Crippen molar-refractivity contribution in [3.8, 4) is 0 Å². The van der Waals surface area contributed by atoms with Gasteiger partial charge in [0.05, 0.1) is 6.54 Å². The third-order valence-corrected chi connectivity index (χ3v) is 5.29. The highest BCUT2D eigenvalue weighted by molar-refractivity contribution is 6.30. The standard InChI is InChI=1S/C18H22ClN3O/c1-17(2)9-8-15(10-14-4-6-16(19)7-5-14)18(17,23-3)11-22-13-20-12-21-22/h4-7,10,12-13H,8-9,11H2,1-3H3. The summed E-state index contributed by atoms with van der Waals surface area (Å²) in [4.78, 5) is 4.06. The Morgan fingerprint density at radius 3 is 2.65 bits per heavy atom. The summed E-state index contributed by atoms with van der Waals surface area (Å²) < 4.78 is 7.97. The van der Waals surface area contributed by atoms with Gasteiger partial charge in [-0.2, -0.15) is 5.10 Å². The van der Waals surface area contributed by atoms with E-state index in [1.54, 1.807) is 19.8 Å². The average Bonchev–Trinajstić information content (AvgIpc) is 3.11. The number of rotatable bonds is 4. The van der Waals surface area contributed by atoms with Gasteiger partial charge < -0.3 is 4.74 Å². The van der Waals surface area contributed by atoms with Crippen LogP contribution in [0.5, 0.6) is 0 Å². The summed E-state index contributed by atoms with van der Waals surface area (Å²) in [6.07, 6.45) is 7.63. The molecule has 1 aromatic carbocycles. The molecule has 1 aliphatic carbocycles. The number of hydrogen-bond donors (Lipinski definition) is 0. The maximum Gasteiger partial charge on any atom is 0.137 e. The van der Waals surface area contributed by atoms with Crippen LogP contribution in [0.15, 0.2) is 42.5 Å². The van der Waals surface area contributed by atoms with E-state index in [0.29, 0.717) is 6.54 Å². The van der Waals surface area contributed by atoms with Crippen molar-refractivity contribution in [2.24, 2.45) is 5.41 Å². The van der Waals surface area contributed by atoms with Gasteiger partial charge in [0.15, 0.2) is 0 Å². The Bertz CT molecular complexity index is 692. The van der Waals surface area contributed by atoms with Gasteiger partial charge in [-0.15, -0.1) is 0 Å². The van der Waals surface area contributed by atoms with E-state index >= 15 is 0 Å². The number of methoxy groups -OCH3 is 1. The van der Waals surface area contributed by atoms with E-state index in [4.69, 9.17) is 16.3 Å². The molecule has 0 amide bonds. The quantitative estimate of drug-likeness (QED) is 0.842. The molecule has 0 aliphatic heterocycles. The zero-order valence-electron chi connectivity index (χ0n) is 13.8. The minimum Gasteiger partial charge on any atom is -0.371 e.